The Balaban J connectivity index is 1.46. The number of nitrogens with zero attached hydrogens (tertiary/aromatic N) is 3. The lowest BCUT2D eigenvalue weighted by molar-refractivity contribution is -0.123. The van der Waals surface area contributed by atoms with E-state index in [2.05, 4.69) is 5.10 Å². The Kier molecular flexibility index (Phi) is 4.26. The van der Waals surface area contributed by atoms with Crippen LogP contribution in [-0.2, 0) is 9.59 Å². The van der Waals surface area contributed by atoms with E-state index < -0.39 is 35.6 Å². The van der Waals surface area contributed by atoms with Gasteiger partial charge in [-0.05, 0) is 41.8 Å². The zero-order valence-corrected chi connectivity index (χ0v) is 17.3. The molecule has 3 aliphatic rings. The molecule has 2 saturated heterocycles. The Morgan fingerprint density at radius 1 is 0.879 bits per heavy atom. The molecule has 2 fully saturated rings. The van der Waals surface area contributed by atoms with Gasteiger partial charge >= 0.3 is 0 Å². The van der Waals surface area contributed by atoms with Crippen molar-refractivity contribution in [2.75, 3.05) is 4.90 Å². The van der Waals surface area contributed by atoms with E-state index in [4.69, 9.17) is 0 Å². The van der Waals surface area contributed by atoms with Crippen molar-refractivity contribution in [2.45, 2.75) is 12.1 Å². The van der Waals surface area contributed by atoms with Crippen LogP contribution in [0, 0.1) is 17.7 Å². The van der Waals surface area contributed by atoms with Gasteiger partial charge in [-0.1, -0.05) is 42.5 Å². The summed E-state index contributed by atoms with van der Waals surface area (Å²) in [6.07, 6.45) is 5.07. The van der Waals surface area contributed by atoms with Gasteiger partial charge < -0.3 is 0 Å². The highest BCUT2D eigenvalue weighted by molar-refractivity contribution is 6.27. The van der Waals surface area contributed by atoms with E-state index in [9.17, 15) is 18.8 Å². The first-order valence-corrected chi connectivity index (χ1v) is 10.7. The summed E-state index contributed by atoms with van der Waals surface area (Å²) in [7, 11) is 0. The Morgan fingerprint density at radius 2 is 1.61 bits per heavy atom. The highest BCUT2D eigenvalue weighted by Gasteiger charge is 2.64. The normalized spacial score (nSPS) is 25.6. The summed E-state index contributed by atoms with van der Waals surface area (Å²) in [6, 6.07) is 16.8. The summed E-state index contributed by atoms with van der Waals surface area (Å²) >= 11 is 0. The third-order valence-corrected chi connectivity index (χ3v) is 6.70. The number of anilines is 1. The Morgan fingerprint density at radius 3 is 2.42 bits per heavy atom. The number of Topliss-reactive ketones (excluding diaryl/α,β-unsaturated/α-hetero) is 1. The second-order valence-electron chi connectivity index (χ2n) is 8.40. The molecule has 0 saturated carbocycles. The molecule has 0 aliphatic carbocycles. The molecule has 3 aromatic rings. The number of imide groups is 1. The lowest BCUT2D eigenvalue weighted by atomic mass is 9.86. The molecule has 3 aromatic carbocycles. The number of carbonyl (C=O) groups excluding carboxylic acids is 3. The SMILES string of the molecule is O=C(c1ccc(F)cc1)[C@@H]1[C@@H]2C(=O)N(c3cccc4ccccc34)C(=O)[C@@H]2[C@H]2C=CC=NN21. The van der Waals surface area contributed by atoms with Crippen molar-refractivity contribution in [3.05, 3.63) is 90.3 Å². The quantitative estimate of drug-likeness (QED) is 0.462. The van der Waals surface area contributed by atoms with Crippen LogP contribution in [0.4, 0.5) is 10.1 Å². The number of rotatable bonds is 3. The van der Waals surface area contributed by atoms with Gasteiger partial charge in [-0.15, -0.1) is 0 Å². The number of hydrazone groups is 1. The first kappa shape index (κ1) is 19.5. The molecule has 162 valence electrons. The molecule has 4 atom stereocenters. The second kappa shape index (κ2) is 7.20. The minimum atomic E-state index is -0.955. The standard InChI is InChI=1S/C26H18FN3O3/c27-17-12-10-16(11-13-17)24(31)23-22-21(20-9-4-14-28-30(20)23)25(32)29(26(22)33)19-8-3-6-15-5-1-2-7-18(15)19/h1-14,20-23H/t20-,21-,22-,23+/m1/s1. The molecule has 0 radical (unpaired) electrons. The van der Waals surface area contributed by atoms with Crippen molar-refractivity contribution in [1.29, 1.82) is 0 Å². The molecule has 6 rings (SSSR count). The first-order valence-electron chi connectivity index (χ1n) is 10.7. The molecule has 6 nitrogen and oxygen atoms in total. The predicted molar refractivity (Wildman–Crippen MR) is 121 cm³/mol. The van der Waals surface area contributed by atoms with Gasteiger partial charge in [-0.2, -0.15) is 5.10 Å². The van der Waals surface area contributed by atoms with E-state index in [0.29, 0.717) is 5.69 Å². The molecule has 3 heterocycles. The summed E-state index contributed by atoms with van der Waals surface area (Å²) in [5.41, 5.74) is 0.787. The smallest absolute Gasteiger partial charge is 0.240 e. The summed E-state index contributed by atoms with van der Waals surface area (Å²) in [5.74, 6) is -3.20. The van der Waals surface area contributed by atoms with E-state index in [0.717, 1.165) is 10.8 Å². The maximum atomic E-state index is 13.8. The van der Waals surface area contributed by atoms with Gasteiger partial charge in [0, 0.05) is 17.2 Å². The largest absolute Gasteiger partial charge is 0.292 e. The summed E-state index contributed by atoms with van der Waals surface area (Å²) in [6.45, 7) is 0. The van der Waals surface area contributed by atoms with Crippen LogP contribution in [0.1, 0.15) is 10.4 Å². The minimum Gasteiger partial charge on any atom is -0.292 e. The van der Waals surface area contributed by atoms with E-state index >= 15 is 0 Å². The first-order chi connectivity index (χ1) is 16.1. The number of ketones is 1. The average Bonchev–Trinajstić information content (AvgIpc) is 3.31. The maximum Gasteiger partial charge on any atom is 0.240 e. The van der Waals surface area contributed by atoms with Crippen LogP contribution in [0.15, 0.2) is 84.0 Å². The molecule has 7 heteroatoms. The van der Waals surface area contributed by atoms with Crippen molar-refractivity contribution in [2.24, 2.45) is 16.9 Å². The number of amides is 2. The van der Waals surface area contributed by atoms with Crippen LogP contribution in [0.2, 0.25) is 0 Å². The lowest BCUT2D eigenvalue weighted by Gasteiger charge is -2.30. The zero-order valence-electron chi connectivity index (χ0n) is 17.3. The van der Waals surface area contributed by atoms with Crippen molar-refractivity contribution >= 4 is 40.3 Å². The fraction of sp³-hybridized carbons (Fsp3) is 0.154. The molecule has 0 N–H and O–H groups in total. The maximum absolute atomic E-state index is 13.8. The van der Waals surface area contributed by atoms with E-state index in [1.807, 2.05) is 36.4 Å². The third-order valence-electron chi connectivity index (χ3n) is 6.70. The highest BCUT2D eigenvalue weighted by Crippen LogP contribution is 2.47. The Hall–Kier alpha value is -4.13. The number of fused-ring (bicyclic) bond motifs is 4. The van der Waals surface area contributed by atoms with Crippen LogP contribution in [-0.4, -0.2) is 40.9 Å². The number of hydrogen-bond donors (Lipinski definition) is 0. The molecule has 3 aliphatic heterocycles. The molecule has 2 amide bonds. The molecule has 0 spiro atoms. The molecule has 33 heavy (non-hydrogen) atoms. The molecular weight excluding hydrogens is 421 g/mol. The summed E-state index contributed by atoms with van der Waals surface area (Å²) in [5, 5.41) is 7.59. The van der Waals surface area contributed by atoms with Gasteiger partial charge in [0.15, 0.2) is 5.78 Å². The number of benzene rings is 3. The van der Waals surface area contributed by atoms with E-state index in [-0.39, 0.29) is 17.3 Å². The minimum absolute atomic E-state index is 0.273. The fourth-order valence-electron chi connectivity index (χ4n) is 5.26. The molecule has 0 unspecified atom stereocenters. The van der Waals surface area contributed by atoms with Crippen molar-refractivity contribution in [3.63, 3.8) is 0 Å². The number of allylic oxidation sites excluding steroid dienone is 1. The van der Waals surface area contributed by atoms with Crippen LogP contribution >= 0.6 is 0 Å². The Bertz CT molecular complexity index is 1380. The predicted octanol–water partition coefficient (Wildman–Crippen LogP) is 3.58. The van der Waals surface area contributed by atoms with Gasteiger partial charge in [-0.25, -0.2) is 9.29 Å². The van der Waals surface area contributed by atoms with Crippen LogP contribution in [0.25, 0.3) is 10.8 Å². The van der Waals surface area contributed by atoms with Gasteiger partial charge in [0.1, 0.15) is 11.9 Å². The average molecular weight is 439 g/mol. The van der Waals surface area contributed by atoms with Crippen molar-refractivity contribution in [3.8, 4) is 0 Å². The number of halogens is 1. The number of hydrogen-bond acceptors (Lipinski definition) is 5. The topological polar surface area (TPSA) is 70.0 Å². The molecule has 0 aromatic heterocycles. The zero-order chi connectivity index (χ0) is 22.7. The number of carbonyl (C=O) groups is 3. The monoisotopic (exact) mass is 439 g/mol. The van der Waals surface area contributed by atoms with Gasteiger partial charge in [0.2, 0.25) is 11.8 Å². The molecular formula is C26H18FN3O3. The summed E-state index contributed by atoms with van der Waals surface area (Å²) in [4.78, 5) is 42.2. The van der Waals surface area contributed by atoms with E-state index in [1.54, 1.807) is 29.4 Å². The lowest BCUT2D eigenvalue weighted by Crippen LogP contribution is -2.46. The summed E-state index contributed by atoms with van der Waals surface area (Å²) < 4.78 is 13.4. The van der Waals surface area contributed by atoms with Gasteiger partial charge in [0.05, 0.1) is 23.6 Å². The van der Waals surface area contributed by atoms with Crippen molar-refractivity contribution in [1.82, 2.24) is 5.01 Å². The van der Waals surface area contributed by atoms with Crippen LogP contribution in [0.5, 0.6) is 0 Å². The molecule has 0 bridgehead atoms. The van der Waals surface area contributed by atoms with Crippen LogP contribution in [0.3, 0.4) is 0 Å². The van der Waals surface area contributed by atoms with Crippen LogP contribution < -0.4 is 4.90 Å². The fourth-order valence-corrected chi connectivity index (χ4v) is 5.26. The Labute approximate surface area is 188 Å². The van der Waals surface area contributed by atoms with Gasteiger partial charge in [-0.3, -0.25) is 19.4 Å². The van der Waals surface area contributed by atoms with E-state index in [1.165, 1.54) is 29.2 Å². The van der Waals surface area contributed by atoms with Crippen molar-refractivity contribution < 1.29 is 18.8 Å². The highest BCUT2D eigenvalue weighted by atomic mass is 19.1. The van der Waals surface area contributed by atoms with Gasteiger partial charge in [0.25, 0.3) is 0 Å². The third kappa shape index (κ3) is 2.78. The second-order valence-corrected chi connectivity index (χ2v) is 8.40.